The first-order valence-electron chi connectivity index (χ1n) is 6.72. The number of rotatable bonds is 4. The number of amidine groups is 1. The lowest BCUT2D eigenvalue weighted by Crippen LogP contribution is -2.27. The second-order valence-electron chi connectivity index (χ2n) is 4.67. The van der Waals surface area contributed by atoms with Gasteiger partial charge in [-0.15, -0.1) is 0 Å². The molecular formula is C15H11ClF3N3O3. The van der Waals surface area contributed by atoms with Crippen molar-refractivity contribution in [3.8, 4) is 5.88 Å². The van der Waals surface area contributed by atoms with Crippen molar-refractivity contribution in [1.29, 1.82) is 5.41 Å². The van der Waals surface area contributed by atoms with Crippen molar-refractivity contribution < 1.29 is 27.5 Å². The van der Waals surface area contributed by atoms with Crippen LogP contribution in [-0.2, 0) is 4.84 Å². The Hall–Kier alpha value is -2.81. The molecular weight excluding hydrogens is 363 g/mol. The molecule has 0 unspecified atom stereocenters. The van der Waals surface area contributed by atoms with E-state index in [9.17, 15) is 18.0 Å². The Morgan fingerprint density at radius 3 is 2.60 bits per heavy atom. The SMILES string of the molecule is N=C(NOC(=O)c1ccc(OCC(F)(F)F)nc1)c1cccc(Cl)c1. The third-order valence-electron chi connectivity index (χ3n) is 2.71. The second kappa shape index (κ2) is 7.84. The molecule has 2 aromatic rings. The van der Waals surface area contributed by atoms with E-state index < -0.39 is 18.8 Å². The maximum atomic E-state index is 12.0. The first-order valence-corrected chi connectivity index (χ1v) is 7.10. The van der Waals surface area contributed by atoms with Gasteiger partial charge in [0.15, 0.2) is 12.4 Å². The van der Waals surface area contributed by atoms with Crippen molar-refractivity contribution in [3.63, 3.8) is 0 Å². The molecule has 25 heavy (non-hydrogen) atoms. The summed E-state index contributed by atoms with van der Waals surface area (Å²) in [5.41, 5.74) is 2.51. The van der Waals surface area contributed by atoms with Crippen LogP contribution in [0.4, 0.5) is 13.2 Å². The molecule has 0 amide bonds. The molecule has 0 bridgehead atoms. The van der Waals surface area contributed by atoms with Crippen LogP contribution >= 0.6 is 11.6 Å². The molecule has 1 aromatic heterocycles. The Bertz CT molecular complexity index is 767. The molecule has 0 aliphatic heterocycles. The molecule has 0 saturated carbocycles. The van der Waals surface area contributed by atoms with Gasteiger partial charge in [0, 0.05) is 22.8 Å². The van der Waals surface area contributed by atoms with Crippen LogP contribution in [0.1, 0.15) is 15.9 Å². The summed E-state index contributed by atoms with van der Waals surface area (Å²) < 4.78 is 40.5. The van der Waals surface area contributed by atoms with E-state index in [-0.39, 0.29) is 17.3 Å². The molecule has 1 heterocycles. The van der Waals surface area contributed by atoms with Crippen LogP contribution < -0.4 is 10.2 Å². The zero-order valence-corrected chi connectivity index (χ0v) is 13.2. The van der Waals surface area contributed by atoms with E-state index >= 15 is 0 Å². The van der Waals surface area contributed by atoms with E-state index in [4.69, 9.17) is 21.8 Å². The van der Waals surface area contributed by atoms with E-state index in [1.54, 1.807) is 18.2 Å². The van der Waals surface area contributed by atoms with Gasteiger partial charge in [0.05, 0.1) is 5.56 Å². The lowest BCUT2D eigenvalue weighted by molar-refractivity contribution is -0.154. The highest BCUT2D eigenvalue weighted by atomic mass is 35.5. The van der Waals surface area contributed by atoms with Crippen molar-refractivity contribution in [2.45, 2.75) is 6.18 Å². The minimum absolute atomic E-state index is 0.0363. The number of halogens is 4. The first-order chi connectivity index (χ1) is 11.7. The van der Waals surface area contributed by atoms with E-state index in [0.717, 1.165) is 12.3 Å². The topological polar surface area (TPSA) is 84.3 Å². The van der Waals surface area contributed by atoms with Gasteiger partial charge in [-0.05, 0) is 18.2 Å². The van der Waals surface area contributed by atoms with Crippen LogP contribution in [-0.4, -0.2) is 29.6 Å². The van der Waals surface area contributed by atoms with Gasteiger partial charge in [-0.25, -0.2) is 9.78 Å². The number of hydrogen-bond donors (Lipinski definition) is 2. The number of aromatic nitrogens is 1. The van der Waals surface area contributed by atoms with Crippen molar-refractivity contribution in [2.75, 3.05) is 6.61 Å². The molecule has 0 radical (unpaired) electrons. The number of pyridine rings is 1. The van der Waals surface area contributed by atoms with Crippen LogP contribution in [0, 0.1) is 5.41 Å². The average molecular weight is 374 g/mol. The predicted molar refractivity (Wildman–Crippen MR) is 82.6 cm³/mol. The largest absolute Gasteiger partial charge is 0.468 e. The summed E-state index contributed by atoms with van der Waals surface area (Å²) in [6.45, 7) is -1.48. The summed E-state index contributed by atoms with van der Waals surface area (Å²) in [5.74, 6) is -1.36. The van der Waals surface area contributed by atoms with Crippen molar-refractivity contribution in [2.24, 2.45) is 0 Å². The lowest BCUT2D eigenvalue weighted by atomic mass is 10.2. The van der Waals surface area contributed by atoms with Gasteiger partial charge < -0.3 is 9.57 Å². The molecule has 10 heteroatoms. The maximum absolute atomic E-state index is 12.0. The van der Waals surface area contributed by atoms with Crippen LogP contribution in [0.2, 0.25) is 5.02 Å². The fraction of sp³-hybridized carbons (Fsp3) is 0.133. The number of hydrogen-bond acceptors (Lipinski definition) is 5. The molecule has 0 aliphatic rings. The number of carbonyl (C=O) groups is 1. The van der Waals surface area contributed by atoms with Crippen LogP contribution in [0.5, 0.6) is 5.88 Å². The smallest absolute Gasteiger partial charge is 0.422 e. The van der Waals surface area contributed by atoms with Crippen LogP contribution in [0.15, 0.2) is 42.6 Å². The molecule has 0 atom stereocenters. The number of hydroxylamine groups is 1. The molecule has 0 spiro atoms. The second-order valence-corrected chi connectivity index (χ2v) is 5.10. The third-order valence-corrected chi connectivity index (χ3v) is 2.95. The highest BCUT2D eigenvalue weighted by Crippen LogP contribution is 2.17. The van der Waals surface area contributed by atoms with Gasteiger partial charge in [0.25, 0.3) is 0 Å². The number of carbonyl (C=O) groups excluding carboxylic acids is 1. The quantitative estimate of drug-likeness (QED) is 0.487. The number of benzene rings is 1. The normalized spacial score (nSPS) is 10.9. The van der Waals surface area contributed by atoms with Gasteiger partial charge >= 0.3 is 12.1 Å². The van der Waals surface area contributed by atoms with E-state index in [0.29, 0.717) is 10.6 Å². The lowest BCUT2D eigenvalue weighted by Gasteiger charge is -2.09. The maximum Gasteiger partial charge on any atom is 0.422 e. The van der Waals surface area contributed by atoms with E-state index in [1.807, 2.05) is 0 Å². The molecule has 2 rings (SSSR count). The highest BCUT2D eigenvalue weighted by molar-refractivity contribution is 6.31. The molecule has 0 aliphatic carbocycles. The zero-order chi connectivity index (χ0) is 18.4. The standard InChI is InChI=1S/C15H11ClF3N3O3/c16-11-3-1-2-9(6-11)13(20)22-25-14(23)10-4-5-12(21-7-10)24-8-15(17,18)19/h1-7H,8H2,(H2,20,22). The van der Waals surface area contributed by atoms with Gasteiger partial charge in [0.2, 0.25) is 5.88 Å². The minimum Gasteiger partial charge on any atom is -0.468 e. The number of ether oxygens (including phenoxy) is 1. The Balaban J connectivity index is 1.89. The Morgan fingerprint density at radius 1 is 1.24 bits per heavy atom. The molecule has 6 nitrogen and oxygen atoms in total. The van der Waals surface area contributed by atoms with E-state index in [2.05, 4.69) is 15.2 Å². The Kier molecular flexibility index (Phi) is 5.81. The summed E-state index contributed by atoms with van der Waals surface area (Å²) in [6.07, 6.45) is -3.48. The number of nitrogens with one attached hydrogen (secondary N) is 2. The van der Waals surface area contributed by atoms with Crippen molar-refractivity contribution in [1.82, 2.24) is 10.5 Å². The van der Waals surface area contributed by atoms with Gasteiger partial charge in [-0.3, -0.25) is 5.41 Å². The monoisotopic (exact) mass is 373 g/mol. The fourth-order valence-corrected chi connectivity index (χ4v) is 1.79. The molecule has 0 fully saturated rings. The van der Waals surface area contributed by atoms with Crippen molar-refractivity contribution >= 4 is 23.4 Å². The predicted octanol–water partition coefficient (Wildman–Crippen LogP) is 3.36. The fourth-order valence-electron chi connectivity index (χ4n) is 1.60. The van der Waals surface area contributed by atoms with E-state index in [1.165, 1.54) is 12.1 Å². The molecule has 132 valence electrons. The molecule has 2 N–H and O–H groups in total. The third kappa shape index (κ3) is 5.96. The summed E-state index contributed by atoms with van der Waals surface area (Å²) in [4.78, 5) is 20.1. The van der Waals surface area contributed by atoms with Crippen molar-refractivity contribution in [3.05, 3.63) is 58.7 Å². The average Bonchev–Trinajstić information content (AvgIpc) is 2.57. The Labute approximate surface area is 145 Å². The van der Waals surface area contributed by atoms with Gasteiger partial charge in [-0.1, -0.05) is 23.7 Å². The van der Waals surface area contributed by atoms with Gasteiger partial charge in [-0.2, -0.15) is 18.7 Å². The summed E-state index contributed by atoms with van der Waals surface area (Å²) in [6, 6.07) is 8.62. The minimum atomic E-state index is -4.48. The number of alkyl halides is 3. The number of nitrogens with zero attached hydrogens (tertiary/aromatic N) is 1. The highest BCUT2D eigenvalue weighted by Gasteiger charge is 2.28. The summed E-state index contributed by atoms with van der Waals surface area (Å²) in [5, 5.41) is 8.15. The van der Waals surface area contributed by atoms with Gasteiger partial charge in [0.1, 0.15) is 0 Å². The summed E-state index contributed by atoms with van der Waals surface area (Å²) >= 11 is 5.79. The van der Waals surface area contributed by atoms with Crippen LogP contribution in [0.3, 0.4) is 0 Å². The van der Waals surface area contributed by atoms with Crippen LogP contribution in [0.25, 0.3) is 0 Å². The molecule has 0 saturated heterocycles. The summed E-state index contributed by atoms with van der Waals surface area (Å²) in [7, 11) is 0. The molecule has 1 aromatic carbocycles. The first kappa shape index (κ1) is 18.5. The zero-order valence-electron chi connectivity index (χ0n) is 12.4. The Morgan fingerprint density at radius 2 is 2.00 bits per heavy atom.